The van der Waals surface area contributed by atoms with Gasteiger partial charge in [0.25, 0.3) is 5.91 Å². The molecule has 0 spiro atoms. The Morgan fingerprint density at radius 1 is 1.10 bits per heavy atom. The van der Waals surface area contributed by atoms with Crippen molar-refractivity contribution in [2.75, 3.05) is 0 Å². The number of amides is 1. The summed E-state index contributed by atoms with van der Waals surface area (Å²) in [7, 11) is 0. The van der Waals surface area contributed by atoms with Gasteiger partial charge in [-0.1, -0.05) is 48.5 Å². The zero-order chi connectivity index (χ0) is 21.0. The van der Waals surface area contributed by atoms with Crippen LogP contribution in [0.3, 0.4) is 0 Å². The first-order chi connectivity index (χ1) is 14.6. The van der Waals surface area contributed by atoms with Crippen molar-refractivity contribution in [3.63, 3.8) is 0 Å². The zero-order valence-electron chi connectivity index (χ0n) is 16.4. The summed E-state index contributed by atoms with van der Waals surface area (Å²) < 4.78 is 6.01. The lowest BCUT2D eigenvalue weighted by Gasteiger charge is -2.24. The van der Waals surface area contributed by atoms with Crippen molar-refractivity contribution in [2.24, 2.45) is 5.73 Å². The average Bonchev–Trinajstić information content (AvgIpc) is 3.21. The largest absolute Gasteiger partial charge is 0.487 e. The number of aromatic nitrogens is 2. The van der Waals surface area contributed by atoms with Gasteiger partial charge < -0.3 is 20.6 Å². The molecule has 6 heteroatoms. The molecule has 0 aliphatic heterocycles. The van der Waals surface area contributed by atoms with Gasteiger partial charge in [0.1, 0.15) is 12.4 Å². The van der Waals surface area contributed by atoms with Crippen LogP contribution in [-0.4, -0.2) is 21.0 Å². The first kappa shape index (κ1) is 19.7. The Morgan fingerprint density at radius 2 is 1.93 bits per heavy atom. The van der Waals surface area contributed by atoms with E-state index in [2.05, 4.69) is 9.97 Å². The molecule has 4 N–H and O–H groups in total. The van der Waals surface area contributed by atoms with E-state index in [0.29, 0.717) is 18.6 Å². The molecule has 2 aromatic heterocycles. The molecule has 0 aliphatic carbocycles. The van der Waals surface area contributed by atoms with Crippen molar-refractivity contribution in [1.29, 1.82) is 0 Å². The lowest BCUT2D eigenvalue weighted by atomic mass is 9.88. The molecule has 1 amide bonds. The van der Waals surface area contributed by atoms with Crippen molar-refractivity contribution in [3.05, 3.63) is 95.9 Å². The fraction of sp³-hybridized carbons (Fsp3) is 0.167. The van der Waals surface area contributed by atoms with Gasteiger partial charge in [-0.25, -0.2) is 0 Å². The van der Waals surface area contributed by atoms with E-state index < -0.39 is 11.5 Å². The number of para-hydroxylation sites is 1. The molecule has 1 atom stereocenters. The number of aromatic amines is 1. The second-order valence-electron chi connectivity index (χ2n) is 7.23. The van der Waals surface area contributed by atoms with Gasteiger partial charge in [-0.2, -0.15) is 0 Å². The molecular formula is C24H23N3O3. The number of nitrogens with one attached hydrogen (secondary N) is 1. The maximum absolute atomic E-state index is 12.0. The highest BCUT2D eigenvalue weighted by Crippen LogP contribution is 2.31. The highest BCUT2D eigenvalue weighted by molar-refractivity contribution is 5.89. The first-order valence-corrected chi connectivity index (χ1v) is 9.76. The van der Waals surface area contributed by atoms with E-state index in [4.69, 9.17) is 10.5 Å². The minimum atomic E-state index is -1.78. The predicted octanol–water partition coefficient (Wildman–Crippen LogP) is 3.45. The van der Waals surface area contributed by atoms with Crippen LogP contribution in [0.2, 0.25) is 0 Å². The van der Waals surface area contributed by atoms with Gasteiger partial charge in [-0.05, 0) is 36.1 Å². The number of nitrogens with zero attached hydrogens (tertiary/aromatic N) is 1. The summed E-state index contributed by atoms with van der Waals surface area (Å²) in [6.07, 6.45) is 5.54. The summed E-state index contributed by atoms with van der Waals surface area (Å²) >= 11 is 0. The number of rotatable bonds is 8. The summed E-state index contributed by atoms with van der Waals surface area (Å²) in [5.41, 5.74) is 7.08. The third-order valence-electron chi connectivity index (χ3n) is 5.30. The van der Waals surface area contributed by atoms with E-state index in [0.717, 1.165) is 27.8 Å². The van der Waals surface area contributed by atoms with E-state index >= 15 is 0 Å². The molecular weight excluding hydrogens is 378 g/mol. The van der Waals surface area contributed by atoms with E-state index in [1.165, 1.54) is 6.20 Å². The number of fused-ring (bicyclic) bond motifs is 1. The van der Waals surface area contributed by atoms with E-state index in [-0.39, 0.29) is 6.42 Å². The Hall–Kier alpha value is -3.64. The van der Waals surface area contributed by atoms with Crippen molar-refractivity contribution in [2.45, 2.75) is 25.0 Å². The molecule has 0 fully saturated rings. The van der Waals surface area contributed by atoms with Crippen LogP contribution in [0.5, 0.6) is 5.75 Å². The Balaban J connectivity index is 1.54. The Bertz CT molecular complexity index is 1140. The van der Waals surface area contributed by atoms with Gasteiger partial charge in [-0.15, -0.1) is 0 Å². The lowest BCUT2D eigenvalue weighted by Crippen LogP contribution is -2.41. The number of pyridine rings is 1. The average molecular weight is 401 g/mol. The first-order valence-electron chi connectivity index (χ1n) is 9.76. The molecule has 2 aromatic carbocycles. The second kappa shape index (κ2) is 8.39. The Kier molecular flexibility index (Phi) is 5.50. The van der Waals surface area contributed by atoms with Gasteiger partial charge in [0.05, 0.1) is 5.52 Å². The van der Waals surface area contributed by atoms with Gasteiger partial charge in [-0.3, -0.25) is 9.78 Å². The molecule has 0 aliphatic rings. The molecule has 152 valence electrons. The summed E-state index contributed by atoms with van der Waals surface area (Å²) in [6, 6.07) is 19.1. The van der Waals surface area contributed by atoms with Crippen molar-refractivity contribution >= 4 is 16.8 Å². The topological polar surface area (TPSA) is 101 Å². The predicted molar refractivity (Wildman–Crippen MR) is 115 cm³/mol. The number of primary amides is 1. The number of aliphatic hydroxyl groups is 1. The number of nitrogens with two attached hydrogens (primary N) is 1. The third-order valence-corrected chi connectivity index (χ3v) is 5.30. The van der Waals surface area contributed by atoms with E-state index in [1.807, 2.05) is 54.7 Å². The summed E-state index contributed by atoms with van der Waals surface area (Å²) in [4.78, 5) is 19.3. The molecule has 2 heterocycles. The molecule has 1 unspecified atom stereocenters. The van der Waals surface area contributed by atoms with Crippen molar-refractivity contribution < 1.29 is 14.6 Å². The Labute approximate surface area is 174 Å². The highest BCUT2D eigenvalue weighted by Gasteiger charge is 2.36. The SMILES string of the molecule is NC(=O)C(O)(CCc1c[nH]c2c(OCc3ccccc3)cccc12)c1cccnc1. The molecule has 30 heavy (non-hydrogen) atoms. The van der Waals surface area contributed by atoms with Crippen LogP contribution in [0, 0.1) is 0 Å². The molecule has 0 saturated carbocycles. The van der Waals surface area contributed by atoms with Gasteiger partial charge in [0.2, 0.25) is 0 Å². The standard InChI is InChI=1S/C24H23N3O3/c25-23(28)24(29,19-8-5-13-26-15-19)12-11-18-14-27-22-20(18)9-4-10-21(22)30-16-17-6-2-1-3-7-17/h1-10,13-15,27,29H,11-12,16H2,(H2,25,28). The fourth-order valence-electron chi connectivity index (χ4n) is 3.58. The van der Waals surface area contributed by atoms with Gasteiger partial charge in [0.15, 0.2) is 5.60 Å². The normalized spacial score (nSPS) is 13.1. The number of aryl methyl sites for hydroxylation is 1. The molecule has 0 saturated heterocycles. The minimum Gasteiger partial charge on any atom is -0.487 e. The maximum atomic E-state index is 12.0. The zero-order valence-corrected chi connectivity index (χ0v) is 16.4. The number of ether oxygens (including phenoxy) is 1. The van der Waals surface area contributed by atoms with E-state index in [9.17, 15) is 9.90 Å². The number of hydrogen-bond donors (Lipinski definition) is 3. The van der Waals surface area contributed by atoms with Crippen LogP contribution in [0.25, 0.3) is 10.9 Å². The molecule has 0 radical (unpaired) electrons. The monoisotopic (exact) mass is 401 g/mol. The fourth-order valence-corrected chi connectivity index (χ4v) is 3.58. The van der Waals surface area contributed by atoms with Crippen LogP contribution < -0.4 is 10.5 Å². The summed E-state index contributed by atoms with van der Waals surface area (Å²) in [6.45, 7) is 0.469. The molecule has 0 bridgehead atoms. The van der Waals surface area contributed by atoms with Crippen LogP contribution >= 0.6 is 0 Å². The number of H-pyrrole nitrogens is 1. The van der Waals surface area contributed by atoms with Crippen molar-refractivity contribution in [1.82, 2.24) is 9.97 Å². The van der Waals surface area contributed by atoms with Crippen LogP contribution in [0.1, 0.15) is 23.1 Å². The maximum Gasteiger partial charge on any atom is 0.254 e. The van der Waals surface area contributed by atoms with Crippen LogP contribution in [0.4, 0.5) is 0 Å². The summed E-state index contributed by atoms with van der Waals surface area (Å²) in [5.74, 6) is -0.0396. The summed E-state index contributed by atoms with van der Waals surface area (Å²) in [5, 5.41) is 11.9. The third kappa shape index (κ3) is 3.90. The van der Waals surface area contributed by atoms with Gasteiger partial charge in [0, 0.05) is 29.5 Å². The Morgan fingerprint density at radius 3 is 2.67 bits per heavy atom. The molecule has 6 nitrogen and oxygen atoms in total. The van der Waals surface area contributed by atoms with Crippen molar-refractivity contribution in [3.8, 4) is 5.75 Å². The highest BCUT2D eigenvalue weighted by atomic mass is 16.5. The van der Waals surface area contributed by atoms with Gasteiger partial charge >= 0.3 is 0 Å². The smallest absolute Gasteiger partial charge is 0.254 e. The molecule has 4 aromatic rings. The number of carbonyl (C=O) groups excluding carboxylic acids is 1. The lowest BCUT2D eigenvalue weighted by molar-refractivity contribution is -0.138. The second-order valence-corrected chi connectivity index (χ2v) is 7.23. The van der Waals surface area contributed by atoms with Crippen LogP contribution in [0.15, 0.2) is 79.3 Å². The van der Waals surface area contributed by atoms with E-state index in [1.54, 1.807) is 18.3 Å². The molecule has 4 rings (SSSR count). The minimum absolute atomic E-state index is 0.149. The number of hydrogen-bond acceptors (Lipinski definition) is 4. The quantitative estimate of drug-likeness (QED) is 0.421. The van der Waals surface area contributed by atoms with Crippen LogP contribution in [-0.2, 0) is 23.4 Å². The number of carbonyl (C=O) groups is 1. The number of benzene rings is 2.